The highest BCUT2D eigenvalue weighted by atomic mass is 35.5. The molecule has 0 aliphatic rings. The smallest absolute Gasteiger partial charge is 0.0652 e. The van der Waals surface area contributed by atoms with Crippen LogP contribution < -0.4 is 5.32 Å². The maximum Gasteiger partial charge on any atom is 0.0652 e. The first-order valence-electron chi connectivity index (χ1n) is 6.30. The third-order valence-corrected chi connectivity index (χ3v) is 3.53. The summed E-state index contributed by atoms with van der Waals surface area (Å²) in [6, 6.07) is 17.7. The van der Waals surface area contributed by atoms with Gasteiger partial charge in [-0.3, -0.25) is 0 Å². The molecule has 0 aliphatic carbocycles. The van der Waals surface area contributed by atoms with E-state index in [1.165, 1.54) is 0 Å². The maximum atomic E-state index is 9.68. The number of aliphatic hydroxyl groups is 1. The number of rotatable bonds is 5. The highest BCUT2D eigenvalue weighted by Crippen LogP contribution is 2.21. The van der Waals surface area contributed by atoms with Gasteiger partial charge in [0.05, 0.1) is 12.1 Å². The second kappa shape index (κ2) is 6.20. The van der Waals surface area contributed by atoms with Crippen LogP contribution in [-0.4, -0.2) is 11.7 Å². The molecule has 0 bridgehead atoms. The summed E-state index contributed by atoms with van der Waals surface area (Å²) < 4.78 is 0. The minimum atomic E-state index is -0.455. The number of halogens is 1. The van der Waals surface area contributed by atoms with Gasteiger partial charge < -0.3 is 10.4 Å². The molecule has 0 saturated heterocycles. The van der Waals surface area contributed by atoms with Crippen molar-refractivity contribution in [2.24, 2.45) is 0 Å². The number of benzene rings is 2. The highest BCUT2D eigenvalue weighted by Gasteiger charge is 2.24. The summed E-state index contributed by atoms with van der Waals surface area (Å²) in [6.07, 6.45) is 0. The molecule has 0 aliphatic heterocycles. The molecular formula is C16H18ClNO. The van der Waals surface area contributed by atoms with Gasteiger partial charge in [0.25, 0.3) is 0 Å². The van der Waals surface area contributed by atoms with Crippen molar-refractivity contribution < 1.29 is 5.11 Å². The standard InChI is InChI=1S/C16H18ClNO/c1-16(12-19,14-7-3-2-4-8-14)18-11-13-6-5-9-15(17)10-13/h2-10,18-19H,11-12H2,1H3. The summed E-state index contributed by atoms with van der Waals surface area (Å²) in [5.74, 6) is 0. The minimum Gasteiger partial charge on any atom is -0.394 e. The fraction of sp³-hybridized carbons (Fsp3) is 0.250. The average molecular weight is 276 g/mol. The molecule has 0 amide bonds. The minimum absolute atomic E-state index is 0.0393. The fourth-order valence-electron chi connectivity index (χ4n) is 2.00. The van der Waals surface area contributed by atoms with E-state index in [0.29, 0.717) is 6.54 Å². The second-order valence-corrected chi connectivity index (χ2v) is 5.28. The Hall–Kier alpha value is -1.35. The van der Waals surface area contributed by atoms with Crippen LogP contribution in [0.2, 0.25) is 5.02 Å². The molecule has 2 aromatic rings. The van der Waals surface area contributed by atoms with Crippen LogP contribution in [-0.2, 0) is 12.1 Å². The quantitative estimate of drug-likeness (QED) is 0.877. The average Bonchev–Trinajstić information content (AvgIpc) is 2.46. The van der Waals surface area contributed by atoms with Crippen LogP contribution in [0, 0.1) is 0 Å². The zero-order valence-corrected chi connectivity index (χ0v) is 11.7. The first kappa shape index (κ1) is 14.1. The van der Waals surface area contributed by atoms with Gasteiger partial charge in [0.15, 0.2) is 0 Å². The molecule has 2 nitrogen and oxygen atoms in total. The predicted octanol–water partition coefficient (Wildman–Crippen LogP) is 3.34. The van der Waals surface area contributed by atoms with Crippen molar-refractivity contribution in [2.45, 2.75) is 19.0 Å². The molecule has 2 N–H and O–H groups in total. The normalized spacial score (nSPS) is 14.1. The van der Waals surface area contributed by atoms with Crippen molar-refractivity contribution in [3.05, 3.63) is 70.7 Å². The zero-order valence-electron chi connectivity index (χ0n) is 10.9. The summed E-state index contributed by atoms with van der Waals surface area (Å²) in [5, 5.41) is 13.8. The predicted molar refractivity (Wildman–Crippen MR) is 79.2 cm³/mol. The van der Waals surface area contributed by atoms with Crippen LogP contribution >= 0.6 is 11.6 Å². The molecule has 3 heteroatoms. The van der Waals surface area contributed by atoms with E-state index in [2.05, 4.69) is 5.32 Å². The van der Waals surface area contributed by atoms with E-state index < -0.39 is 5.54 Å². The monoisotopic (exact) mass is 275 g/mol. The van der Waals surface area contributed by atoms with E-state index in [-0.39, 0.29) is 6.61 Å². The Bertz CT molecular complexity index is 529. The van der Waals surface area contributed by atoms with Gasteiger partial charge in [0, 0.05) is 11.6 Å². The molecule has 0 aromatic heterocycles. The molecule has 0 fully saturated rings. The molecule has 2 aromatic carbocycles. The molecule has 0 radical (unpaired) electrons. The first-order chi connectivity index (χ1) is 9.14. The lowest BCUT2D eigenvalue weighted by molar-refractivity contribution is 0.173. The molecule has 19 heavy (non-hydrogen) atoms. The van der Waals surface area contributed by atoms with Crippen LogP contribution in [0.5, 0.6) is 0 Å². The van der Waals surface area contributed by atoms with E-state index >= 15 is 0 Å². The van der Waals surface area contributed by atoms with Crippen molar-refractivity contribution in [3.63, 3.8) is 0 Å². The number of nitrogens with one attached hydrogen (secondary N) is 1. The molecule has 0 heterocycles. The van der Waals surface area contributed by atoms with Gasteiger partial charge in [0.2, 0.25) is 0 Å². The van der Waals surface area contributed by atoms with Crippen molar-refractivity contribution in [3.8, 4) is 0 Å². The SMILES string of the molecule is CC(CO)(NCc1cccc(Cl)c1)c1ccccc1. The Morgan fingerprint density at radius 2 is 1.84 bits per heavy atom. The van der Waals surface area contributed by atoms with E-state index in [1.807, 2.05) is 61.5 Å². The number of hydrogen-bond donors (Lipinski definition) is 2. The summed E-state index contributed by atoms with van der Waals surface area (Å²) in [4.78, 5) is 0. The Morgan fingerprint density at radius 1 is 1.11 bits per heavy atom. The topological polar surface area (TPSA) is 32.3 Å². The van der Waals surface area contributed by atoms with Crippen molar-refractivity contribution in [1.29, 1.82) is 0 Å². The van der Waals surface area contributed by atoms with Gasteiger partial charge in [-0.2, -0.15) is 0 Å². The van der Waals surface area contributed by atoms with E-state index in [4.69, 9.17) is 11.6 Å². The Labute approximate surface area is 119 Å². The van der Waals surface area contributed by atoms with Crippen LogP contribution in [0.15, 0.2) is 54.6 Å². The lowest BCUT2D eigenvalue weighted by atomic mass is 9.92. The number of aliphatic hydroxyl groups excluding tert-OH is 1. The van der Waals surface area contributed by atoms with Crippen LogP contribution in [0.1, 0.15) is 18.1 Å². The van der Waals surface area contributed by atoms with Crippen LogP contribution in [0.3, 0.4) is 0 Å². The van der Waals surface area contributed by atoms with Gasteiger partial charge in [-0.25, -0.2) is 0 Å². The Balaban J connectivity index is 2.11. The van der Waals surface area contributed by atoms with Crippen molar-refractivity contribution >= 4 is 11.6 Å². The molecule has 2 rings (SSSR count). The molecular weight excluding hydrogens is 258 g/mol. The van der Waals surface area contributed by atoms with E-state index in [9.17, 15) is 5.11 Å². The van der Waals surface area contributed by atoms with E-state index in [0.717, 1.165) is 16.1 Å². The molecule has 0 spiro atoms. The van der Waals surface area contributed by atoms with Gasteiger partial charge in [-0.05, 0) is 30.2 Å². The molecule has 0 saturated carbocycles. The second-order valence-electron chi connectivity index (χ2n) is 4.84. The maximum absolute atomic E-state index is 9.68. The van der Waals surface area contributed by atoms with Crippen molar-refractivity contribution in [1.82, 2.24) is 5.32 Å². The summed E-state index contributed by atoms with van der Waals surface area (Å²) in [5.41, 5.74) is 1.71. The highest BCUT2D eigenvalue weighted by molar-refractivity contribution is 6.30. The third-order valence-electron chi connectivity index (χ3n) is 3.30. The summed E-state index contributed by atoms with van der Waals surface area (Å²) >= 11 is 5.97. The van der Waals surface area contributed by atoms with Crippen LogP contribution in [0.25, 0.3) is 0 Å². The fourth-order valence-corrected chi connectivity index (χ4v) is 2.21. The summed E-state index contributed by atoms with van der Waals surface area (Å²) in [6.45, 7) is 2.69. The lowest BCUT2D eigenvalue weighted by Crippen LogP contribution is -2.42. The van der Waals surface area contributed by atoms with Gasteiger partial charge in [0.1, 0.15) is 0 Å². The van der Waals surface area contributed by atoms with Gasteiger partial charge in [-0.1, -0.05) is 54.1 Å². The Morgan fingerprint density at radius 3 is 2.47 bits per heavy atom. The van der Waals surface area contributed by atoms with Crippen molar-refractivity contribution in [2.75, 3.05) is 6.61 Å². The molecule has 1 unspecified atom stereocenters. The van der Waals surface area contributed by atoms with E-state index in [1.54, 1.807) is 0 Å². The first-order valence-corrected chi connectivity index (χ1v) is 6.68. The molecule has 100 valence electrons. The number of hydrogen-bond acceptors (Lipinski definition) is 2. The molecule has 1 atom stereocenters. The van der Waals surface area contributed by atoms with Gasteiger partial charge in [-0.15, -0.1) is 0 Å². The largest absolute Gasteiger partial charge is 0.394 e. The van der Waals surface area contributed by atoms with Crippen LogP contribution in [0.4, 0.5) is 0 Å². The summed E-state index contributed by atoms with van der Waals surface area (Å²) in [7, 11) is 0. The third kappa shape index (κ3) is 3.57. The van der Waals surface area contributed by atoms with Gasteiger partial charge >= 0.3 is 0 Å². The lowest BCUT2D eigenvalue weighted by Gasteiger charge is -2.29. The zero-order chi connectivity index (χ0) is 13.7. The Kier molecular flexibility index (Phi) is 4.59.